The molecule has 0 amide bonds. The molecule has 0 aromatic heterocycles. The van der Waals surface area contributed by atoms with Crippen LogP contribution >= 0.6 is 19.4 Å². The van der Waals surface area contributed by atoms with E-state index in [0.717, 1.165) is 5.84 Å². The summed E-state index contributed by atoms with van der Waals surface area (Å²) in [6.45, 7) is 5.77. The van der Waals surface area contributed by atoms with Crippen molar-refractivity contribution >= 4 is 29.8 Å². The van der Waals surface area contributed by atoms with Crippen LogP contribution in [0.2, 0.25) is 0 Å². The first kappa shape index (κ1) is 16.8. The summed E-state index contributed by atoms with van der Waals surface area (Å²) < 4.78 is 1.84. The number of halogens is 2. The van der Waals surface area contributed by atoms with E-state index in [1.165, 1.54) is 0 Å². The third-order valence-electron chi connectivity index (χ3n) is 1.31. The first-order valence-corrected chi connectivity index (χ1v) is 9.09. The van der Waals surface area contributed by atoms with Crippen molar-refractivity contribution in [1.29, 1.82) is 0 Å². The second-order valence-corrected chi connectivity index (χ2v) is 8.58. The van der Waals surface area contributed by atoms with Crippen LogP contribution in [0.25, 0.3) is 0 Å². The molecular formula is C8H17Cl2N3Ru-2. The Hall–Kier alpha value is 0.343. The molecule has 0 saturated carbocycles. The minimum Gasteiger partial charge on any atom is -0.358 e. The average Bonchev–Trinajstić information content (AvgIpc) is 2.31. The standard InChI is InChI=1S/C5H10N3.C2H4.CH3.2ClH.Ru/c1-5-6-8(3)4-7(5)2;1-2;;;;/h4H,1-3H3;1H,2H3;1H3;2*1H;/q-1;;-1;;;+2/p-2. The van der Waals surface area contributed by atoms with Crippen molar-refractivity contribution in [2.75, 3.05) is 14.1 Å². The number of amidine groups is 1. The summed E-state index contributed by atoms with van der Waals surface area (Å²) in [4.78, 5) is 1.97. The van der Waals surface area contributed by atoms with Crippen LogP contribution in [0.15, 0.2) is 5.10 Å². The average molecular weight is 327 g/mol. The van der Waals surface area contributed by atoms with E-state index < -0.39 is 13.5 Å². The molecule has 0 aromatic rings. The van der Waals surface area contributed by atoms with Crippen molar-refractivity contribution in [3.8, 4) is 0 Å². The number of rotatable bonds is 0. The molecule has 0 aliphatic carbocycles. The van der Waals surface area contributed by atoms with Gasteiger partial charge in [0, 0.05) is 0 Å². The molecule has 0 unspecified atom stereocenters. The smallest absolute Gasteiger partial charge is 0.358 e. The summed E-state index contributed by atoms with van der Waals surface area (Å²) in [5.74, 6) is 1.03. The van der Waals surface area contributed by atoms with Crippen LogP contribution in [-0.4, -0.2) is 34.4 Å². The maximum Gasteiger partial charge on any atom is -0.358 e. The Morgan fingerprint density at radius 2 is 1.86 bits per heavy atom. The maximum absolute atomic E-state index is 5.32. The third-order valence-corrected chi connectivity index (χ3v) is 3.89. The van der Waals surface area contributed by atoms with Gasteiger partial charge in [-0.2, -0.15) is 5.10 Å². The first-order chi connectivity index (χ1) is 5.97. The molecule has 6 heteroatoms. The number of nitrogens with zero attached hydrogens (tertiary/aromatic N) is 3. The van der Waals surface area contributed by atoms with Crippen molar-refractivity contribution < 1.29 is 13.5 Å². The molecule has 1 aliphatic rings. The fourth-order valence-electron chi connectivity index (χ4n) is 0.659. The zero-order valence-electron chi connectivity index (χ0n) is 9.11. The van der Waals surface area contributed by atoms with E-state index in [-0.39, 0.29) is 7.43 Å². The van der Waals surface area contributed by atoms with Crippen molar-refractivity contribution in [2.45, 2.75) is 13.8 Å². The topological polar surface area (TPSA) is 18.8 Å². The minimum absolute atomic E-state index is 0. The molecule has 14 heavy (non-hydrogen) atoms. The second kappa shape index (κ2) is 8.64. The molecule has 0 aromatic carbocycles. The second-order valence-electron chi connectivity index (χ2n) is 2.36. The number of hydrogen-bond acceptors (Lipinski definition) is 3. The van der Waals surface area contributed by atoms with Crippen molar-refractivity contribution in [3.63, 3.8) is 0 Å². The van der Waals surface area contributed by atoms with Crippen LogP contribution in [0.5, 0.6) is 0 Å². The molecule has 0 atom stereocenters. The minimum atomic E-state index is -1.36. The van der Waals surface area contributed by atoms with Gasteiger partial charge in [-0.05, 0) is 21.0 Å². The van der Waals surface area contributed by atoms with Gasteiger partial charge in [0.2, 0.25) is 0 Å². The molecular weight excluding hydrogens is 310 g/mol. The monoisotopic (exact) mass is 327 g/mol. The van der Waals surface area contributed by atoms with Gasteiger partial charge < -0.3 is 17.3 Å². The number of hydrogen-bond donors (Lipinski definition) is 0. The first-order valence-electron chi connectivity index (χ1n) is 3.61. The van der Waals surface area contributed by atoms with Crippen LogP contribution < -0.4 is 0 Å². The van der Waals surface area contributed by atoms with Crippen molar-refractivity contribution in [3.05, 3.63) is 14.1 Å². The predicted octanol–water partition coefficient (Wildman–Crippen LogP) is 2.50. The van der Waals surface area contributed by atoms with Crippen LogP contribution in [0.3, 0.4) is 0 Å². The molecule has 0 fully saturated rings. The summed E-state index contributed by atoms with van der Waals surface area (Å²) >= 11 is -1.36. The van der Waals surface area contributed by atoms with Crippen LogP contribution in [0, 0.1) is 14.1 Å². The Morgan fingerprint density at radius 3 is 1.93 bits per heavy atom. The molecule has 0 bridgehead atoms. The van der Waals surface area contributed by atoms with Gasteiger partial charge in [0.15, 0.2) is 0 Å². The molecule has 0 spiro atoms. The Kier molecular flexibility index (Phi) is 10.3. The molecule has 1 rings (SSSR count). The quantitative estimate of drug-likeness (QED) is 0.503. The van der Waals surface area contributed by atoms with Crippen molar-refractivity contribution in [1.82, 2.24) is 9.91 Å². The number of hydrazone groups is 1. The maximum atomic E-state index is 5.32. The van der Waals surface area contributed by atoms with Gasteiger partial charge in [-0.3, -0.25) is 0 Å². The van der Waals surface area contributed by atoms with Crippen molar-refractivity contribution in [2.24, 2.45) is 5.10 Å². The molecule has 0 N–H and O–H groups in total. The summed E-state index contributed by atoms with van der Waals surface area (Å²) in [6.07, 6.45) is 0. The van der Waals surface area contributed by atoms with Crippen LogP contribution in [-0.2, 0) is 13.5 Å². The molecule has 0 radical (unpaired) electrons. The Bertz CT molecular complexity index is 215. The largest absolute Gasteiger partial charge is 0.358 e. The van der Waals surface area contributed by atoms with E-state index in [1.54, 1.807) is 5.01 Å². The van der Waals surface area contributed by atoms with Crippen LogP contribution in [0.1, 0.15) is 13.8 Å². The Balaban J connectivity index is 0. The van der Waals surface area contributed by atoms with Crippen LogP contribution in [0.4, 0.5) is 0 Å². The van der Waals surface area contributed by atoms with E-state index in [9.17, 15) is 0 Å². The molecule has 0 saturated heterocycles. The van der Waals surface area contributed by atoms with E-state index in [0.29, 0.717) is 0 Å². The summed E-state index contributed by atoms with van der Waals surface area (Å²) in [5.41, 5.74) is 0. The van der Waals surface area contributed by atoms with E-state index in [2.05, 4.69) is 5.10 Å². The Labute approximate surface area is 100 Å². The molecule has 3 nitrogen and oxygen atoms in total. The summed E-state index contributed by atoms with van der Waals surface area (Å²) in [6, 6.07) is 0. The van der Waals surface area contributed by atoms with E-state index in [4.69, 9.17) is 19.4 Å². The van der Waals surface area contributed by atoms with E-state index in [1.807, 2.05) is 44.1 Å². The zero-order chi connectivity index (χ0) is 10.4. The van der Waals surface area contributed by atoms with E-state index >= 15 is 0 Å². The fraction of sp³-hybridized carbons (Fsp3) is 0.500. The fourth-order valence-corrected chi connectivity index (χ4v) is 0.659. The molecule has 88 valence electrons. The van der Waals surface area contributed by atoms with Gasteiger partial charge in [-0.15, -0.1) is 6.67 Å². The van der Waals surface area contributed by atoms with Gasteiger partial charge in [-0.25, -0.2) is 0 Å². The summed E-state index contributed by atoms with van der Waals surface area (Å²) in [7, 11) is 14.5. The Morgan fingerprint density at radius 1 is 1.43 bits per heavy atom. The van der Waals surface area contributed by atoms with Gasteiger partial charge >= 0.3 is 44.4 Å². The van der Waals surface area contributed by atoms with Gasteiger partial charge in [0.05, 0.1) is 5.84 Å². The zero-order valence-corrected chi connectivity index (χ0v) is 12.4. The van der Waals surface area contributed by atoms with Gasteiger partial charge in [0.1, 0.15) is 0 Å². The summed E-state index contributed by atoms with van der Waals surface area (Å²) in [5, 5.41) is 5.88. The predicted molar refractivity (Wildman–Crippen MR) is 62.8 cm³/mol. The van der Waals surface area contributed by atoms with Gasteiger partial charge in [-0.1, -0.05) is 0 Å². The molecule has 1 aliphatic heterocycles. The molecule has 1 heterocycles. The normalized spacial score (nSPS) is 15.0. The van der Waals surface area contributed by atoms with Gasteiger partial charge in [0.25, 0.3) is 0 Å². The SMILES string of the molecule is CC1=NN(C)[CH-]N1C.C[CH]=[Ru]([Cl])[Cl].[CH3-]. The third kappa shape index (κ3) is 7.72.